The van der Waals surface area contributed by atoms with Crippen LogP contribution < -0.4 is 5.32 Å². The quantitative estimate of drug-likeness (QED) is 0.845. The molecular weight excluding hydrogens is 241 g/mol. The molecule has 1 aromatic carbocycles. The molecule has 0 aliphatic rings. The summed E-state index contributed by atoms with van der Waals surface area (Å²) < 4.78 is 38.9. The third-order valence-electron chi connectivity index (χ3n) is 2.46. The van der Waals surface area contributed by atoms with E-state index in [-0.39, 0.29) is 5.69 Å². The van der Waals surface area contributed by atoms with E-state index in [1.165, 1.54) is 0 Å². The average Bonchev–Trinajstić information content (AvgIpc) is 2.37. The van der Waals surface area contributed by atoms with Crippen molar-refractivity contribution in [2.24, 2.45) is 0 Å². The molecule has 0 saturated carbocycles. The van der Waals surface area contributed by atoms with Gasteiger partial charge in [0.1, 0.15) is 5.82 Å². The Bertz CT molecular complexity index is 529. The zero-order valence-corrected chi connectivity index (χ0v) is 9.46. The van der Waals surface area contributed by atoms with Gasteiger partial charge in [0, 0.05) is 31.1 Å². The lowest BCUT2D eigenvalue weighted by Gasteiger charge is -2.08. The molecule has 1 N–H and O–H groups in total. The molecule has 0 bridgehead atoms. The maximum Gasteiger partial charge on any atom is 0.161 e. The van der Waals surface area contributed by atoms with Gasteiger partial charge in [0.15, 0.2) is 11.6 Å². The van der Waals surface area contributed by atoms with Crippen LogP contribution >= 0.6 is 0 Å². The fraction of sp³-hybridized carbons (Fsp3) is 0.154. The summed E-state index contributed by atoms with van der Waals surface area (Å²) in [6.07, 6.45) is 3.97. The standard InChI is InChI=1S/C13H11F3N2/c14-10-6-12(16)13(7-11(10)15)18-5-3-9-2-1-4-17-8-9/h1-2,4,6-8,18H,3,5H2. The van der Waals surface area contributed by atoms with E-state index in [4.69, 9.17) is 0 Å². The SMILES string of the molecule is Fc1cc(F)c(NCCc2cccnc2)cc1F. The van der Waals surface area contributed by atoms with E-state index in [1.807, 2.05) is 6.07 Å². The second kappa shape index (κ2) is 5.53. The maximum absolute atomic E-state index is 13.3. The minimum absolute atomic E-state index is 0.0437. The van der Waals surface area contributed by atoms with Gasteiger partial charge < -0.3 is 5.32 Å². The van der Waals surface area contributed by atoms with E-state index in [9.17, 15) is 13.2 Å². The van der Waals surface area contributed by atoms with Gasteiger partial charge in [0.25, 0.3) is 0 Å². The first kappa shape index (κ1) is 12.4. The van der Waals surface area contributed by atoms with Gasteiger partial charge in [-0.05, 0) is 18.1 Å². The Morgan fingerprint density at radius 1 is 1.06 bits per heavy atom. The fourth-order valence-corrected chi connectivity index (χ4v) is 1.55. The van der Waals surface area contributed by atoms with Crippen LogP contribution in [0.3, 0.4) is 0 Å². The summed E-state index contributed by atoms with van der Waals surface area (Å²) in [5.74, 6) is -3.06. The van der Waals surface area contributed by atoms with Gasteiger partial charge in [0.05, 0.1) is 5.69 Å². The molecule has 2 nitrogen and oxygen atoms in total. The van der Waals surface area contributed by atoms with Crippen molar-refractivity contribution < 1.29 is 13.2 Å². The van der Waals surface area contributed by atoms with Crippen molar-refractivity contribution in [1.82, 2.24) is 4.98 Å². The molecule has 0 unspecified atom stereocenters. The predicted octanol–water partition coefficient (Wildman–Crippen LogP) is 3.15. The lowest BCUT2D eigenvalue weighted by Crippen LogP contribution is -2.07. The number of rotatable bonds is 4. The summed E-state index contributed by atoms with van der Waals surface area (Å²) in [6, 6.07) is 5.03. The van der Waals surface area contributed by atoms with Crippen LogP contribution in [0.1, 0.15) is 5.56 Å². The van der Waals surface area contributed by atoms with E-state index < -0.39 is 17.5 Å². The summed E-state index contributed by atoms with van der Waals surface area (Å²) in [5.41, 5.74) is 0.936. The Morgan fingerprint density at radius 2 is 1.83 bits per heavy atom. The molecule has 0 radical (unpaired) electrons. The molecule has 0 aliphatic heterocycles. The Kier molecular flexibility index (Phi) is 3.82. The Labute approximate surface area is 102 Å². The van der Waals surface area contributed by atoms with E-state index in [2.05, 4.69) is 10.3 Å². The third kappa shape index (κ3) is 3.00. The van der Waals surface area contributed by atoms with Crippen LogP contribution in [0.5, 0.6) is 0 Å². The highest BCUT2D eigenvalue weighted by Crippen LogP contribution is 2.18. The normalized spacial score (nSPS) is 10.4. The second-order valence-corrected chi connectivity index (χ2v) is 3.78. The smallest absolute Gasteiger partial charge is 0.161 e. The number of nitrogens with zero attached hydrogens (tertiary/aromatic N) is 1. The summed E-state index contributed by atoms with van der Waals surface area (Å²) >= 11 is 0. The van der Waals surface area contributed by atoms with E-state index >= 15 is 0 Å². The molecular formula is C13H11F3N2. The van der Waals surface area contributed by atoms with Crippen molar-refractivity contribution >= 4 is 5.69 Å². The van der Waals surface area contributed by atoms with Crippen molar-refractivity contribution in [3.05, 3.63) is 59.7 Å². The molecule has 5 heteroatoms. The molecule has 0 fully saturated rings. The molecule has 0 saturated heterocycles. The van der Waals surface area contributed by atoms with Crippen LogP contribution in [-0.4, -0.2) is 11.5 Å². The summed E-state index contributed by atoms with van der Waals surface area (Å²) in [7, 11) is 0. The average molecular weight is 252 g/mol. The second-order valence-electron chi connectivity index (χ2n) is 3.78. The van der Waals surface area contributed by atoms with Crippen molar-refractivity contribution in [1.29, 1.82) is 0 Å². The van der Waals surface area contributed by atoms with E-state index in [1.54, 1.807) is 18.5 Å². The Morgan fingerprint density at radius 3 is 2.56 bits per heavy atom. The number of benzene rings is 1. The van der Waals surface area contributed by atoms with Gasteiger partial charge in [-0.3, -0.25) is 4.98 Å². The molecule has 1 aromatic heterocycles. The number of pyridine rings is 1. The van der Waals surface area contributed by atoms with Gasteiger partial charge in [-0.2, -0.15) is 0 Å². The molecule has 0 atom stereocenters. The van der Waals surface area contributed by atoms with Crippen LogP contribution in [-0.2, 0) is 6.42 Å². The zero-order valence-electron chi connectivity index (χ0n) is 9.46. The number of halogens is 3. The Hall–Kier alpha value is -2.04. The van der Waals surface area contributed by atoms with Crippen LogP contribution in [0.2, 0.25) is 0 Å². The largest absolute Gasteiger partial charge is 0.382 e. The zero-order chi connectivity index (χ0) is 13.0. The summed E-state index contributed by atoms with van der Waals surface area (Å²) in [5, 5.41) is 2.72. The number of nitrogens with one attached hydrogen (secondary N) is 1. The lowest BCUT2D eigenvalue weighted by atomic mass is 10.2. The summed E-state index contributed by atoms with van der Waals surface area (Å²) in [6.45, 7) is 0.410. The van der Waals surface area contributed by atoms with Gasteiger partial charge in [-0.25, -0.2) is 13.2 Å². The molecule has 1 heterocycles. The molecule has 0 amide bonds. The fourth-order valence-electron chi connectivity index (χ4n) is 1.55. The molecule has 18 heavy (non-hydrogen) atoms. The number of hydrogen-bond acceptors (Lipinski definition) is 2. The van der Waals surface area contributed by atoms with Crippen molar-refractivity contribution in [3.8, 4) is 0 Å². The predicted molar refractivity (Wildman–Crippen MR) is 62.7 cm³/mol. The first-order valence-electron chi connectivity index (χ1n) is 5.44. The lowest BCUT2D eigenvalue weighted by molar-refractivity contribution is 0.496. The molecule has 94 valence electrons. The van der Waals surface area contributed by atoms with E-state index in [0.29, 0.717) is 19.0 Å². The molecule has 0 spiro atoms. The molecule has 2 rings (SSSR count). The first-order valence-corrected chi connectivity index (χ1v) is 5.44. The minimum atomic E-state index is -1.19. The van der Waals surface area contributed by atoms with Crippen molar-refractivity contribution in [2.75, 3.05) is 11.9 Å². The number of anilines is 1. The van der Waals surface area contributed by atoms with Crippen LogP contribution in [0, 0.1) is 17.5 Å². The minimum Gasteiger partial charge on any atom is -0.382 e. The molecule has 2 aromatic rings. The highest BCUT2D eigenvalue weighted by Gasteiger charge is 2.08. The van der Waals surface area contributed by atoms with Crippen molar-refractivity contribution in [2.45, 2.75) is 6.42 Å². The highest BCUT2D eigenvalue weighted by atomic mass is 19.2. The van der Waals surface area contributed by atoms with Crippen molar-refractivity contribution in [3.63, 3.8) is 0 Å². The van der Waals surface area contributed by atoms with Crippen LogP contribution in [0.4, 0.5) is 18.9 Å². The maximum atomic E-state index is 13.3. The van der Waals surface area contributed by atoms with Gasteiger partial charge in [-0.1, -0.05) is 6.07 Å². The van der Waals surface area contributed by atoms with Gasteiger partial charge >= 0.3 is 0 Å². The summed E-state index contributed by atoms with van der Waals surface area (Å²) in [4.78, 5) is 3.94. The Balaban J connectivity index is 1.97. The third-order valence-corrected chi connectivity index (χ3v) is 2.46. The monoisotopic (exact) mass is 252 g/mol. The van der Waals surface area contributed by atoms with E-state index in [0.717, 1.165) is 11.6 Å². The van der Waals surface area contributed by atoms with Crippen LogP contribution in [0.25, 0.3) is 0 Å². The molecule has 0 aliphatic carbocycles. The van der Waals surface area contributed by atoms with Gasteiger partial charge in [-0.15, -0.1) is 0 Å². The highest BCUT2D eigenvalue weighted by molar-refractivity contribution is 5.45. The van der Waals surface area contributed by atoms with Crippen LogP contribution in [0.15, 0.2) is 36.7 Å². The van der Waals surface area contributed by atoms with Gasteiger partial charge in [0.2, 0.25) is 0 Å². The topological polar surface area (TPSA) is 24.9 Å². The first-order chi connectivity index (χ1) is 8.66. The number of aromatic nitrogens is 1. The number of hydrogen-bond donors (Lipinski definition) is 1.